The van der Waals surface area contributed by atoms with Gasteiger partial charge in [0.25, 0.3) is 11.5 Å². The monoisotopic (exact) mass is 491 g/mol. The van der Waals surface area contributed by atoms with E-state index in [-0.39, 0.29) is 12.4 Å². The lowest BCUT2D eigenvalue weighted by atomic mass is 10.0. The molecule has 3 heterocycles. The molecule has 1 atom stereocenters. The summed E-state index contributed by atoms with van der Waals surface area (Å²) < 4.78 is 25.4. The first kappa shape index (κ1) is 23.7. The summed E-state index contributed by atoms with van der Waals surface area (Å²) in [5, 5.41) is 0. The molecule has 2 aromatic carbocycles. The van der Waals surface area contributed by atoms with E-state index in [1.807, 2.05) is 18.2 Å². The third-order valence-corrected chi connectivity index (χ3v) is 6.52. The van der Waals surface area contributed by atoms with Crippen molar-refractivity contribution < 1.29 is 23.5 Å². The molecule has 1 unspecified atom stereocenters. The molecule has 36 heavy (non-hydrogen) atoms. The molecule has 3 aromatic rings. The van der Waals surface area contributed by atoms with Crippen LogP contribution in [0.15, 0.2) is 65.6 Å². The summed E-state index contributed by atoms with van der Waals surface area (Å²) in [4.78, 5) is 43.6. The van der Waals surface area contributed by atoms with Crippen LogP contribution in [0.25, 0.3) is 0 Å². The zero-order valence-corrected chi connectivity index (χ0v) is 19.9. The molecule has 8 nitrogen and oxygen atoms in total. The molecular weight excluding hydrogens is 465 g/mol. The lowest BCUT2D eigenvalue weighted by molar-refractivity contribution is -0.135. The molecule has 2 aliphatic heterocycles. The summed E-state index contributed by atoms with van der Waals surface area (Å²) in [6.07, 6.45) is 1.47. The van der Waals surface area contributed by atoms with Crippen molar-refractivity contribution >= 4 is 11.7 Å². The van der Waals surface area contributed by atoms with Gasteiger partial charge >= 0.3 is 0 Å². The van der Waals surface area contributed by atoms with Crippen LogP contribution >= 0.6 is 0 Å². The van der Waals surface area contributed by atoms with Crippen molar-refractivity contribution in [1.29, 1.82) is 0 Å². The standard InChI is InChI=1S/C27H26FN3O5/c1-18-8-9-31(24(32)14-18)25(26(33)20-3-5-21(28)6-4-20)27(34)30-12-10-29(11-13-30)16-19-2-7-22-23(15-19)36-17-35-22/h2-9,14-15,25H,10-13,16-17H2,1H3. The van der Waals surface area contributed by atoms with Crippen molar-refractivity contribution in [2.45, 2.75) is 19.5 Å². The Morgan fingerprint density at radius 1 is 0.944 bits per heavy atom. The number of carbonyl (C=O) groups excluding carboxylic acids is 2. The molecule has 0 spiro atoms. The van der Waals surface area contributed by atoms with Crippen LogP contribution in [-0.4, -0.2) is 59.0 Å². The lowest BCUT2D eigenvalue weighted by Gasteiger charge is -2.36. The summed E-state index contributed by atoms with van der Waals surface area (Å²) in [5.41, 5.74) is 1.54. The molecule has 1 saturated heterocycles. The number of rotatable bonds is 6. The smallest absolute Gasteiger partial charge is 0.253 e. The summed E-state index contributed by atoms with van der Waals surface area (Å²) in [6, 6.07) is 12.6. The predicted octanol–water partition coefficient (Wildman–Crippen LogP) is 2.79. The maximum Gasteiger partial charge on any atom is 0.253 e. The summed E-state index contributed by atoms with van der Waals surface area (Å²) in [6.45, 7) is 4.73. The highest BCUT2D eigenvalue weighted by molar-refractivity contribution is 6.11. The van der Waals surface area contributed by atoms with E-state index in [1.54, 1.807) is 17.9 Å². The first-order valence-corrected chi connectivity index (χ1v) is 11.8. The summed E-state index contributed by atoms with van der Waals surface area (Å²) >= 11 is 0. The van der Waals surface area contributed by atoms with E-state index < -0.39 is 29.1 Å². The molecule has 5 rings (SSSR count). The molecule has 0 N–H and O–H groups in total. The first-order chi connectivity index (χ1) is 17.4. The second-order valence-electron chi connectivity index (χ2n) is 9.01. The number of benzene rings is 2. The second kappa shape index (κ2) is 9.94. The highest BCUT2D eigenvalue weighted by Crippen LogP contribution is 2.33. The zero-order valence-electron chi connectivity index (χ0n) is 19.9. The van der Waals surface area contributed by atoms with Crippen molar-refractivity contribution in [2.24, 2.45) is 0 Å². The van der Waals surface area contributed by atoms with Crippen molar-refractivity contribution in [1.82, 2.24) is 14.4 Å². The average molecular weight is 492 g/mol. The molecule has 0 bridgehead atoms. The molecular formula is C27H26FN3O5. The van der Waals surface area contributed by atoms with Crippen LogP contribution in [0.2, 0.25) is 0 Å². The van der Waals surface area contributed by atoms with Gasteiger partial charge in [0.15, 0.2) is 23.3 Å². The van der Waals surface area contributed by atoms with E-state index in [2.05, 4.69) is 4.90 Å². The number of nitrogens with zero attached hydrogens (tertiary/aromatic N) is 3. The van der Waals surface area contributed by atoms with Crippen molar-refractivity contribution in [3.8, 4) is 11.5 Å². The Hall–Kier alpha value is -3.98. The Balaban J connectivity index is 1.32. The highest BCUT2D eigenvalue weighted by Gasteiger charge is 2.35. The number of halogens is 1. The third kappa shape index (κ3) is 4.87. The highest BCUT2D eigenvalue weighted by atomic mass is 19.1. The largest absolute Gasteiger partial charge is 0.454 e. The third-order valence-electron chi connectivity index (χ3n) is 6.52. The SMILES string of the molecule is Cc1ccn(C(C(=O)c2ccc(F)cc2)C(=O)N2CCN(Cc3ccc4c(c3)OCO4)CC2)c(=O)c1. The first-order valence-electron chi connectivity index (χ1n) is 11.8. The van der Waals surface area contributed by atoms with Crippen LogP contribution in [0, 0.1) is 12.7 Å². The van der Waals surface area contributed by atoms with Crippen LogP contribution in [0.3, 0.4) is 0 Å². The lowest BCUT2D eigenvalue weighted by Crippen LogP contribution is -2.52. The van der Waals surface area contributed by atoms with Gasteiger partial charge in [-0.3, -0.25) is 23.9 Å². The maximum atomic E-state index is 13.6. The number of ether oxygens (including phenoxy) is 2. The van der Waals surface area contributed by atoms with Crippen molar-refractivity contribution in [3.05, 3.63) is 93.7 Å². The Bertz CT molecular complexity index is 1350. The molecule has 186 valence electrons. The Labute approximate surface area is 207 Å². The van der Waals surface area contributed by atoms with Gasteiger partial charge in [-0.25, -0.2) is 4.39 Å². The Morgan fingerprint density at radius 3 is 2.39 bits per heavy atom. The fourth-order valence-corrected chi connectivity index (χ4v) is 4.53. The van der Waals surface area contributed by atoms with Crippen LogP contribution in [0.1, 0.15) is 27.5 Å². The topological polar surface area (TPSA) is 81.1 Å². The number of ketones is 1. The van der Waals surface area contributed by atoms with Crippen molar-refractivity contribution in [3.63, 3.8) is 0 Å². The van der Waals surface area contributed by atoms with Crippen LogP contribution < -0.4 is 15.0 Å². The second-order valence-corrected chi connectivity index (χ2v) is 9.01. The van der Waals surface area contributed by atoms with Gasteiger partial charge in [0.05, 0.1) is 0 Å². The minimum Gasteiger partial charge on any atom is -0.454 e. The van der Waals surface area contributed by atoms with Gasteiger partial charge in [-0.15, -0.1) is 0 Å². The van der Waals surface area contributed by atoms with Gasteiger partial charge in [0, 0.05) is 50.6 Å². The number of hydrogen-bond donors (Lipinski definition) is 0. The number of pyridine rings is 1. The Kier molecular flexibility index (Phi) is 6.56. The van der Waals surface area contributed by atoms with E-state index in [0.29, 0.717) is 32.7 Å². The van der Waals surface area contributed by atoms with Gasteiger partial charge in [-0.2, -0.15) is 0 Å². The predicted molar refractivity (Wildman–Crippen MR) is 130 cm³/mol. The number of fused-ring (bicyclic) bond motifs is 1. The molecule has 1 fully saturated rings. The van der Waals surface area contributed by atoms with E-state index in [4.69, 9.17) is 9.47 Å². The van der Waals surface area contributed by atoms with Gasteiger partial charge in [0.1, 0.15) is 5.82 Å². The van der Waals surface area contributed by atoms with Crippen LogP contribution in [-0.2, 0) is 11.3 Å². The van der Waals surface area contributed by atoms with E-state index in [0.717, 1.165) is 22.6 Å². The van der Waals surface area contributed by atoms with Crippen molar-refractivity contribution in [2.75, 3.05) is 33.0 Å². The number of aromatic nitrogens is 1. The molecule has 0 aliphatic carbocycles. The van der Waals surface area contributed by atoms with Crippen LogP contribution in [0.4, 0.5) is 4.39 Å². The quantitative estimate of drug-likeness (QED) is 0.390. The van der Waals surface area contributed by atoms with Gasteiger partial charge < -0.3 is 14.4 Å². The number of hydrogen-bond acceptors (Lipinski definition) is 6. The van der Waals surface area contributed by atoms with E-state index in [9.17, 15) is 18.8 Å². The number of piperazine rings is 1. The minimum absolute atomic E-state index is 0.170. The summed E-state index contributed by atoms with van der Waals surface area (Å²) in [5.74, 6) is -0.0170. The summed E-state index contributed by atoms with van der Waals surface area (Å²) in [7, 11) is 0. The number of carbonyl (C=O) groups is 2. The van der Waals surface area contributed by atoms with E-state index in [1.165, 1.54) is 41.1 Å². The fourth-order valence-electron chi connectivity index (χ4n) is 4.53. The van der Waals surface area contributed by atoms with E-state index >= 15 is 0 Å². The van der Waals surface area contributed by atoms with Crippen LogP contribution in [0.5, 0.6) is 11.5 Å². The molecule has 9 heteroatoms. The molecule has 2 aliphatic rings. The number of amides is 1. The fraction of sp³-hybridized carbons (Fsp3) is 0.296. The molecule has 0 saturated carbocycles. The number of aryl methyl sites for hydroxylation is 1. The molecule has 0 radical (unpaired) electrons. The Morgan fingerprint density at radius 2 is 1.67 bits per heavy atom. The maximum absolute atomic E-state index is 13.6. The van der Waals surface area contributed by atoms with Gasteiger partial charge in [0.2, 0.25) is 6.79 Å². The zero-order chi connectivity index (χ0) is 25.2. The van der Waals surface area contributed by atoms with Gasteiger partial charge in [-0.05, 0) is 60.5 Å². The minimum atomic E-state index is -1.36. The normalized spacial score (nSPS) is 16.1. The van der Waals surface area contributed by atoms with Gasteiger partial charge in [-0.1, -0.05) is 6.07 Å². The number of Topliss-reactive ketones (excluding diaryl/α,β-unsaturated/α-hetero) is 1. The molecule has 1 amide bonds. The molecule has 1 aromatic heterocycles. The average Bonchev–Trinajstić information content (AvgIpc) is 3.34.